The maximum Gasteiger partial charge on any atom is 0.183 e. The first-order valence-corrected chi connectivity index (χ1v) is 4.67. The molecule has 1 aromatic carbocycles. The molecular weight excluding hydrogens is 200 g/mol. The molecule has 0 fully saturated rings. The minimum absolute atomic E-state index is 0.260. The van der Waals surface area contributed by atoms with Gasteiger partial charge in [0, 0.05) is 13.1 Å². The molecule has 0 aliphatic rings. The number of phenolic OH excluding ortho intramolecular Hbond substituents is 1. The number of carbonyl (C=O) groups is 1. The first-order valence-electron chi connectivity index (χ1n) is 3.86. The van der Waals surface area contributed by atoms with Gasteiger partial charge in [-0.2, -0.15) is 0 Å². The molecule has 0 bridgehead atoms. The van der Waals surface area contributed by atoms with Crippen molar-refractivity contribution in [2.75, 3.05) is 12.4 Å². The van der Waals surface area contributed by atoms with Gasteiger partial charge in [-0.3, -0.25) is 0 Å². The number of benzene rings is 1. The maximum atomic E-state index is 9.16. The number of aromatic nitrogens is 1. The number of anilines is 1. The van der Waals surface area contributed by atoms with Gasteiger partial charge in [0.05, 0.1) is 10.2 Å². The largest absolute Gasteiger partial charge is 0.508 e. The molecular formula is C9H10N2O2S. The summed E-state index contributed by atoms with van der Waals surface area (Å²) in [4.78, 5) is 12.2. The lowest BCUT2D eigenvalue weighted by atomic mass is 10.3. The van der Waals surface area contributed by atoms with E-state index in [-0.39, 0.29) is 5.75 Å². The molecule has 0 saturated carbocycles. The number of phenols is 1. The second-order valence-electron chi connectivity index (χ2n) is 2.42. The molecule has 2 rings (SSSR count). The van der Waals surface area contributed by atoms with Crippen LogP contribution >= 0.6 is 11.3 Å². The van der Waals surface area contributed by atoms with Gasteiger partial charge in [-0.1, -0.05) is 11.3 Å². The summed E-state index contributed by atoms with van der Waals surface area (Å²) < 4.78 is 1.08. The number of hydrogen-bond donors (Lipinski definition) is 2. The molecule has 14 heavy (non-hydrogen) atoms. The molecule has 0 unspecified atom stereocenters. The number of thiazole rings is 1. The number of aromatic hydroxyl groups is 1. The van der Waals surface area contributed by atoms with Gasteiger partial charge in [0.15, 0.2) is 5.13 Å². The molecule has 5 heteroatoms. The summed E-state index contributed by atoms with van der Waals surface area (Å²) in [5, 5.41) is 13.0. The van der Waals surface area contributed by atoms with Crippen molar-refractivity contribution in [3.63, 3.8) is 0 Å². The van der Waals surface area contributed by atoms with Crippen LogP contribution in [0.1, 0.15) is 0 Å². The molecule has 0 radical (unpaired) electrons. The van der Waals surface area contributed by atoms with Crippen molar-refractivity contribution in [3.8, 4) is 5.75 Å². The van der Waals surface area contributed by atoms with E-state index in [1.54, 1.807) is 23.5 Å². The molecule has 74 valence electrons. The Hall–Kier alpha value is -1.62. The molecule has 0 atom stereocenters. The van der Waals surface area contributed by atoms with Crippen molar-refractivity contribution >= 4 is 33.5 Å². The van der Waals surface area contributed by atoms with E-state index in [1.165, 1.54) is 0 Å². The average molecular weight is 210 g/mol. The molecule has 2 aromatic rings. The molecule has 4 nitrogen and oxygen atoms in total. The Labute approximate surface area is 85.2 Å². The Morgan fingerprint density at radius 2 is 2.21 bits per heavy atom. The molecule has 1 aromatic heterocycles. The SMILES string of the molecule is C=O.CNc1nc2cc(O)ccc2s1. The highest BCUT2D eigenvalue weighted by Crippen LogP contribution is 2.27. The van der Waals surface area contributed by atoms with E-state index in [2.05, 4.69) is 10.3 Å². The van der Waals surface area contributed by atoms with E-state index in [4.69, 9.17) is 9.90 Å². The van der Waals surface area contributed by atoms with Crippen molar-refractivity contribution in [2.45, 2.75) is 0 Å². The Kier molecular flexibility index (Phi) is 3.41. The number of nitrogens with zero attached hydrogens (tertiary/aromatic N) is 1. The number of fused-ring (bicyclic) bond motifs is 1. The lowest BCUT2D eigenvalue weighted by Gasteiger charge is -1.87. The Balaban J connectivity index is 0.000000461. The molecule has 2 N–H and O–H groups in total. The smallest absolute Gasteiger partial charge is 0.183 e. The van der Waals surface area contributed by atoms with Gasteiger partial charge in [-0.25, -0.2) is 4.98 Å². The molecule has 0 amide bonds. The van der Waals surface area contributed by atoms with Gasteiger partial charge in [0.25, 0.3) is 0 Å². The van der Waals surface area contributed by atoms with E-state index in [1.807, 2.05) is 19.9 Å². The summed E-state index contributed by atoms with van der Waals surface area (Å²) >= 11 is 1.57. The number of carbonyl (C=O) groups excluding carboxylic acids is 1. The minimum Gasteiger partial charge on any atom is -0.508 e. The lowest BCUT2D eigenvalue weighted by Crippen LogP contribution is -1.83. The number of hydrogen-bond acceptors (Lipinski definition) is 5. The topological polar surface area (TPSA) is 62.2 Å². The van der Waals surface area contributed by atoms with Crippen LogP contribution in [0.5, 0.6) is 5.75 Å². The second kappa shape index (κ2) is 4.57. The third kappa shape index (κ3) is 2.00. The van der Waals surface area contributed by atoms with Crippen molar-refractivity contribution in [2.24, 2.45) is 0 Å². The minimum atomic E-state index is 0.260. The van der Waals surface area contributed by atoms with Gasteiger partial charge >= 0.3 is 0 Å². The van der Waals surface area contributed by atoms with Gasteiger partial charge in [0.2, 0.25) is 0 Å². The van der Waals surface area contributed by atoms with E-state index in [0.29, 0.717) is 0 Å². The quantitative estimate of drug-likeness (QED) is 0.754. The van der Waals surface area contributed by atoms with E-state index in [0.717, 1.165) is 15.3 Å². The molecule has 0 aliphatic carbocycles. The van der Waals surface area contributed by atoms with Gasteiger partial charge in [-0.15, -0.1) is 0 Å². The first kappa shape index (κ1) is 10.5. The Morgan fingerprint density at radius 1 is 1.50 bits per heavy atom. The van der Waals surface area contributed by atoms with Crippen LogP contribution in [0.25, 0.3) is 10.2 Å². The average Bonchev–Trinajstić information content (AvgIpc) is 2.62. The fourth-order valence-corrected chi connectivity index (χ4v) is 1.82. The number of rotatable bonds is 1. The van der Waals surface area contributed by atoms with Crippen molar-refractivity contribution in [1.29, 1.82) is 0 Å². The lowest BCUT2D eigenvalue weighted by molar-refractivity contribution is -0.0979. The third-order valence-corrected chi connectivity index (χ3v) is 2.64. The summed E-state index contributed by atoms with van der Waals surface area (Å²) in [6.45, 7) is 2.00. The van der Waals surface area contributed by atoms with Crippen LogP contribution in [0, 0.1) is 0 Å². The summed E-state index contributed by atoms with van der Waals surface area (Å²) in [5.74, 6) is 0.260. The predicted molar refractivity (Wildman–Crippen MR) is 58.0 cm³/mol. The summed E-state index contributed by atoms with van der Waals surface area (Å²) in [7, 11) is 1.83. The highest BCUT2D eigenvalue weighted by Gasteiger charge is 2.01. The van der Waals surface area contributed by atoms with Crippen molar-refractivity contribution in [1.82, 2.24) is 4.98 Å². The Bertz CT molecular complexity index is 428. The Morgan fingerprint density at radius 3 is 2.86 bits per heavy atom. The van der Waals surface area contributed by atoms with Crippen molar-refractivity contribution < 1.29 is 9.90 Å². The summed E-state index contributed by atoms with van der Waals surface area (Å²) in [6.07, 6.45) is 0. The zero-order valence-corrected chi connectivity index (χ0v) is 8.47. The van der Waals surface area contributed by atoms with Crippen LogP contribution < -0.4 is 5.32 Å². The van der Waals surface area contributed by atoms with Crippen LogP contribution in [0.4, 0.5) is 5.13 Å². The van der Waals surface area contributed by atoms with Crippen LogP contribution in [0.3, 0.4) is 0 Å². The molecule has 0 spiro atoms. The van der Waals surface area contributed by atoms with Crippen LogP contribution in [0.15, 0.2) is 18.2 Å². The van der Waals surface area contributed by atoms with Gasteiger partial charge < -0.3 is 15.2 Å². The normalized spacial score (nSPS) is 9.21. The monoisotopic (exact) mass is 210 g/mol. The molecule has 0 aliphatic heterocycles. The molecule has 0 saturated heterocycles. The fourth-order valence-electron chi connectivity index (χ4n) is 1.02. The van der Waals surface area contributed by atoms with Crippen molar-refractivity contribution in [3.05, 3.63) is 18.2 Å². The molecule has 1 heterocycles. The zero-order chi connectivity index (χ0) is 10.6. The van der Waals surface area contributed by atoms with E-state index >= 15 is 0 Å². The maximum absolute atomic E-state index is 9.16. The highest BCUT2D eigenvalue weighted by atomic mass is 32.1. The second-order valence-corrected chi connectivity index (χ2v) is 3.45. The van der Waals surface area contributed by atoms with Crippen LogP contribution in [-0.4, -0.2) is 23.9 Å². The van der Waals surface area contributed by atoms with Crippen LogP contribution in [-0.2, 0) is 4.79 Å². The van der Waals surface area contributed by atoms with E-state index in [9.17, 15) is 0 Å². The van der Waals surface area contributed by atoms with Gasteiger partial charge in [0.1, 0.15) is 12.5 Å². The van der Waals surface area contributed by atoms with Crippen LogP contribution in [0.2, 0.25) is 0 Å². The first-order chi connectivity index (χ1) is 6.79. The summed E-state index contributed by atoms with van der Waals surface area (Å²) in [6, 6.07) is 5.19. The van der Waals surface area contributed by atoms with E-state index < -0.39 is 0 Å². The van der Waals surface area contributed by atoms with Gasteiger partial charge in [-0.05, 0) is 12.1 Å². The predicted octanol–water partition coefficient (Wildman–Crippen LogP) is 1.86. The zero-order valence-electron chi connectivity index (χ0n) is 7.65. The fraction of sp³-hybridized carbons (Fsp3) is 0.111. The number of nitrogens with one attached hydrogen (secondary N) is 1. The highest BCUT2D eigenvalue weighted by molar-refractivity contribution is 7.22. The standard InChI is InChI=1S/C8H8N2OS.CH2O/c1-9-8-10-6-4-5(11)2-3-7(6)12-8;1-2/h2-4,11H,1H3,(H,9,10);1H2. The summed E-state index contributed by atoms with van der Waals surface area (Å²) in [5.41, 5.74) is 0.837. The third-order valence-electron chi connectivity index (χ3n) is 1.59.